The molecule has 1 fully saturated rings. The fraction of sp³-hybridized carbons (Fsp3) is 0.500. The molecular formula is C40H47ClN4O6S2. The van der Waals surface area contributed by atoms with Gasteiger partial charge in [0.25, 0.3) is 11.8 Å². The van der Waals surface area contributed by atoms with E-state index in [9.17, 15) is 13.8 Å². The fourth-order valence-corrected chi connectivity index (χ4v) is 12.0. The molecule has 0 radical (unpaired) electrons. The lowest BCUT2D eigenvalue weighted by Crippen LogP contribution is -2.48. The van der Waals surface area contributed by atoms with Gasteiger partial charge in [0.15, 0.2) is 0 Å². The maximum atomic E-state index is 15.0. The number of carbonyl (C=O) groups excluding carboxylic acids is 2. The SMILES string of the molecule is COC1/C=C/CC(C)C(C)S(=O)(NC(=O)c2cc3n(c2)CCOC3)=NC(=O)c2ccc3c(c2)N(CC2CCC21)CC1(CO3)SCCc2cc(Cl)ccc21. The van der Waals surface area contributed by atoms with Crippen LogP contribution in [0.1, 0.15) is 70.6 Å². The lowest BCUT2D eigenvalue weighted by atomic mass is 9.70. The Morgan fingerprint density at radius 1 is 1.17 bits per heavy atom. The summed E-state index contributed by atoms with van der Waals surface area (Å²) in [5.74, 6) is 0.988. The molecule has 3 aromatic rings. The van der Waals surface area contributed by atoms with E-state index in [1.165, 1.54) is 11.1 Å². The normalized spacial score (nSPS) is 31.8. The van der Waals surface area contributed by atoms with E-state index in [-0.39, 0.29) is 16.8 Å². The molecule has 2 amide bonds. The van der Waals surface area contributed by atoms with Crippen molar-refractivity contribution in [1.82, 2.24) is 9.29 Å². The molecule has 5 aliphatic rings. The van der Waals surface area contributed by atoms with Gasteiger partial charge < -0.3 is 23.7 Å². The molecule has 2 aromatic carbocycles. The molecule has 10 nitrogen and oxygen atoms in total. The standard InChI is InChI=1S/C40H47ClN4O6S2/c1-25-5-4-6-36(49-3)33-10-7-29(33)20-45-23-40(34-11-9-31(41)17-27(34)13-16-52-40)24-51-37-12-8-28(19-35(37)45)38(46)42-53(48,26(25)2)43-39(47)30-18-32-22-50-15-14-44(32)21-30/h4,6,8-9,11-12,17-19,21,25-26,29,33,36H,5,7,10,13-16,20,22-24H2,1-3H3,(H,42,43,46,47,48)/b6-4+. The Balaban J connectivity index is 1.20. The third kappa shape index (κ3) is 7.06. The average Bonchev–Trinajstić information content (AvgIpc) is 3.52. The Kier molecular flexibility index (Phi) is 10.2. The monoisotopic (exact) mass is 778 g/mol. The van der Waals surface area contributed by atoms with Crippen LogP contribution in [0.25, 0.3) is 0 Å². The summed E-state index contributed by atoms with van der Waals surface area (Å²) >= 11 is 8.39. The Morgan fingerprint density at radius 2 is 2.04 bits per heavy atom. The summed E-state index contributed by atoms with van der Waals surface area (Å²) in [6, 6.07) is 13.3. The van der Waals surface area contributed by atoms with Gasteiger partial charge in [-0.1, -0.05) is 36.7 Å². The minimum Gasteiger partial charge on any atom is -0.490 e. The summed E-state index contributed by atoms with van der Waals surface area (Å²) in [7, 11) is -1.84. The molecule has 282 valence electrons. The molecule has 7 unspecified atom stereocenters. The average molecular weight is 779 g/mol. The highest BCUT2D eigenvalue weighted by Crippen LogP contribution is 2.49. The number of aromatic nitrogens is 1. The molecular weight excluding hydrogens is 732 g/mol. The number of rotatable bonds is 3. The van der Waals surface area contributed by atoms with Crippen LogP contribution in [0.2, 0.25) is 5.02 Å². The molecule has 1 aliphatic carbocycles. The number of fused-ring (bicyclic) bond motifs is 5. The molecule has 0 saturated heterocycles. The lowest BCUT2D eigenvalue weighted by Gasteiger charge is -2.45. The number of hydrogen-bond donors (Lipinski definition) is 1. The van der Waals surface area contributed by atoms with Gasteiger partial charge in [-0.25, -0.2) is 4.21 Å². The van der Waals surface area contributed by atoms with Crippen LogP contribution >= 0.6 is 23.4 Å². The molecule has 1 aromatic heterocycles. The molecule has 1 N–H and O–H groups in total. The zero-order valence-corrected chi connectivity index (χ0v) is 32.8. The summed E-state index contributed by atoms with van der Waals surface area (Å²) < 4.78 is 42.0. The number of benzene rings is 2. The molecule has 1 saturated carbocycles. The van der Waals surface area contributed by atoms with Crippen LogP contribution in [0.15, 0.2) is 65.2 Å². The number of ether oxygens (including phenoxy) is 3. The van der Waals surface area contributed by atoms with Crippen LogP contribution in [-0.2, 0) is 43.7 Å². The van der Waals surface area contributed by atoms with Crippen molar-refractivity contribution in [2.75, 3.05) is 44.1 Å². The second kappa shape index (κ2) is 14.7. The van der Waals surface area contributed by atoms with Gasteiger partial charge in [0, 0.05) is 49.2 Å². The Bertz CT molecular complexity index is 2050. The van der Waals surface area contributed by atoms with Crippen molar-refractivity contribution in [1.29, 1.82) is 0 Å². The molecule has 4 aliphatic heterocycles. The number of thioether (sulfide) groups is 1. The maximum absolute atomic E-state index is 15.0. The third-order valence-corrected chi connectivity index (χ3v) is 16.0. The van der Waals surface area contributed by atoms with E-state index in [1.807, 2.05) is 41.5 Å². The minimum atomic E-state index is -3.61. The number of nitrogens with zero attached hydrogens (tertiary/aromatic N) is 3. The summed E-state index contributed by atoms with van der Waals surface area (Å²) in [6.07, 6.45) is 9.57. The lowest BCUT2D eigenvalue weighted by molar-refractivity contribution is 0.0134. The highest BCUT2D eigenvalue weighted by Gasteiger charge is 2.45. The van der Waals surface area contributed by atoms with Crippen LogP contribution < -0.4 is 14.4 Å². The fourth-order valence-electron chi connectivity index (χ4n) is 8.49. The van der Waals surface area contributed by atoms with Crippen molar-refractivity contribution in [2.45, 2.75) is 68.8 Å². The highest BCUT2D eigenvalue weighted by atomic mass is 35.5. The molecule has 53 heavy (non-hydrogen) atoms. The third-order valence-electron chi connectivity index (χ3n) is 12.0. The first kappa shape index (κ1) is 36.7. The van der Waals surface area contributed by atoms with E-state index >= 15 is 0 Å². The number of carbonyl (C=O) groups is 2. The first-order chi connectivity index (χ1) is 25.6. The Morgan fingerprint density at radius 3 is 2.83 bits per heavy atom. The van der Waals surface area contributed by atoms with Gasteiger partial charge in [0.2, 0.25) is 0 Å². The van der Waals surface area contributed by atoms with Crippen molar-refractivity contribution in [3.8, 4) is 5.75 Å². The first-order valence-electron chi connectivity index (χ1n) is 18.6. The Labute approximate surface area is 321 Å². The predicted molar refractivity (Wildman–Crippen MR) is 209 cm³/mol. The quantitative estimate of drug-likeness (QED) is 0.282. The summed E-state index contributed by atoms with van der Waals surface area (Å²) in [5.41, 5.74) is 4.81. The highest BCUT2D eigenvalue weighted by molar-refractivity contribution is 8.00. The largest absolute Gasteiger partial charge is 0.490 e. The van der Waals surface area contributed by atoms with Gasteiger partial charge in [0.1, 0.15) is 22.3 Å². The topological polar surface area (TPSA) is 111 Å². The van der Waals surface area contributed by atoms with Gasteiger partial charge in [-0.05, 0) is 104 Å². The van der Waals surface area contributed by atoms with E-state index in [1.54, 1.807) is 32.4 Å². The zero-order chi connectivity index (χ0) is 36.9. The van der Waals surface area contributed by atoms with Crippen molar-refractivity contribution in [3.05, 3.63) is 93.8 Å². The molecule has 8 rings (SSSR count). The predicted octanol–water partition coefficient (Wildman–Crippen LogP) is 7.03. The summed E-state index contributed by atoms with van der Waals surface area (Å²) in [5, 5.41) is 0.0822. The molecule has 2 bridgehead atoms. The van der Waals surface area contributed by atoms with E-state index in [2.05, 4.69) is 38.3 Å². The number of anilines is 1. The van der Waals surface area contributed by atoms with Crippen molar-refractivity contribution < 1.29 is 28.0 Å². The van der Waals surface area contributed by atoms with E-state index in [0.717, 1.165) is 48.0 Å². The number of allylic oxidation sites excluding steroid dienone is 1. The molecule has 13 heteroatoms. The van der Waals surface area contributed by atoms with Crippen LogP contribution in [0.5, 0.6) is 5.75 Å². The number of amides is 2. The van der Waals surface area contributed by atoms with Gasteiger partial charge >= 0.3 is 0 Å². The van der Waals surface area contributed by atoms with Crippen LogP contribution in [0, 0.1) is 17.8 Å². The minimum absolute atomic E-state index is 0.0701. The van der Waals surface area contributed by atoms with E-state index in [0.29, 0.717) is 68.0 Å². The van der Waals surface area contributed by atoms with Crippen LogP contribution in [0.3, 0.4) is 0 Å². The second-order valence-corrected chi connectivity index (χ2v) is 19.3. The van der Waals surface area contributed by atoms with Gasteiger partial charge in [-0.3, -0.25) is 14.3 Å². The first-order valence-corrected chi connectivity index (χ1v) is 21.5. The number of aryl methyl sites for hydroxylation is 1. The van der Waals surface area contributed by atoms with Gasteiger partial charge in [-0.15, -0.1) is 16.1 Å². The van der Waals surface area contributed by atoms with Gasteiger partial charge in [-0.2, -0.15) is 0 Å². The van der Waals surface area contributed by atoms with E-state index in [4.69, 9.17) is 25.8 Å². The van der Waals surface area contributed by atoms with Crippen molar-refractivity contribution in [2.24, 2.45) is 22.1 Å². The van der Waals surface area contributed by atoms with Gasteiger partial charge in [0.05, 0.1) is 40.6 Å². The van der Waals surface area contributed by atoms with Crippen LogP contribution in [0.4, 0.5) is 5.69 Å². The maximum Gasteiger partial charge on any atom is 0.286 e. The zero-order valence-electron chi connectivity index (χ0n) is 30.4. The molecule has 7 atom stereocenters. The number of hydrogen-bond acceptors (Lipinski definition) is 8. The summed E-state index contributed by atoms with van der Waals surface area (Å²) in [6.45, 7) is 7.28. The number of halogens is 1. The Hall–Kier alpha value is -3.29. The second-order valence-electron chi connectivity index (χ2n) is 15.2. The smallest absolute Gasteiger partial charge is 0.286 e. The number of nitrogens with one attached hydrogen (secondary N) is 1. The summed E-state index contributed by atoms with van der Waals surface area (Å²) in [4.78, 5) is 30.3. The van der Waals surface area contributed by atoms with E-state index < -0.39 is 27.0 Å². The van der Waals surface area contributed by atoms with Crippen LogP contribution in [-0.4, -0.2) is 71.1 Å². The molecule has 1 spiro atoms. The van der Waals surface area contributed by atoms with Crippen molar-refractivity contribution in [3.63, 3.8) is 0 Å². The number of methoxy groups -OCH3 is 1. The molecule has 5 heterocycles. The van der Waals surface area contributed by atoms with Crippen molar-refractivity contribution >= 4 is 50.8 Å².